The molecule has 1 aromatic heterocycles. The number of anilines is 1. The van der Waals surface area contributed by atoms with Gasteiger partial charge >= 0.3 is 0 Å². The van der Waals surface area contributed by atoms with Crippen LogP contribution in [0.25, 0.3) is 0 Å². The van der Waals surface area contributed by atoms with Gasteiger partial charge in [-0.1, -0.05) is 29.8 Å². The van der Waals surface area contributed by atoms with Crippen molar-refractivity contribution in [2.45, 2.75) is 19.4 Å². The molecule has 1 atom stereocenters. The minimum Gasteiger partial charge on any atom is -0.386 e. The highest BCUT2D eigenvalue weighted by molar-refractivity contribution is 14.0. The van der Waals surface area contributed by atoms with E-state index in [0.29, 0.717) is 10.9 Å². The van der Waals surface area contributed by atoms with Gasteiger partial charge in [-0.05, 0) is 37.1 Å². The summed E-state index contributed by atoms with van der Waals surface area (Å²) in [7, 11) is 0. The van der Waals surface area contributed by atoms with Gasteiger partial charge in [-0.2, -0.15) is 0 Å². The van der Waals surface area contributed by atoms with Crippen LogP contribution < -0.4 is 10.2 Å². The molecule has 0 spiro atoms. The standard InChI is InChI=1S/C17H20ClN3OS.HI/c1-2-19-17(20-11-14(22)15-7-8-16(18)23-15)21-10-9-12-5-3-4-6-13(12)21;/h3-8,14,22H,2,9-11H2,1H3,(H,19,20);1H. The lowest BCUT2D eigenvalue weighted by atomic mass is 10.2. The quantitative estimate of drug-likeness (QED) is 0.396. The van der Waals surface area contributed by atoms with Crippen molar-refractivity contribution >= 4 is 58.6 Å². The van der Waals surface area contributed by atoms with Crippen LogP contribution in [0.5, 0.6) is 0 Å². The zero-order valence-electron chi connectivity index (χ0n) is 13.4. The van der Waals surface area contributed by atoms with Gasteiger partial charge in [0, 0.05) is 23.7 Å². The van der Waals surface area contributed by atoms with Crippen LogP contribution >= 0.6 is 46.9 Å². The number of nitrogens with zero attached hydrogens (tertiary/aromatic N) is 2. The molecule has 130 valence electrons. The Kier molecular flexibility index (Phi) is 7.34. The highest BCUT2D eigenvalue weighted by Crippen LogP contribution is 2.29. The zero-order valence-corrected chi connectivity index (χ0v) is 17.3. The first-order chi connectivity index (χ1) is 11.2. The maximum Gasteiger partial charge on any atom is 0.198 e. The fourth-order valence-electron chi connectivity index (χ4n) is 2.72. The molecule has 0 bridgehead atoms. The molecule has 24 heavy (non-hydrogen) atoms. The molecule has 1 unspecified atom stereocenters. The van der Waals surface area contributed by atoms with E-state index in [9.17, 15) is 5.11 Å². The van der Waals surface area contributed by atoms with Crippen LogP contribution in [0.1, 0.15) is 23.5 Å². The van der Waals surface area contributed by atoms with Gasteiger partial charge in [-0.25, -0.2) is 4.99 Å². The van der Waals surface area contributed by atoms with Gasteiger partial charge < -0.3 is 15.3 Å². The predicted molar refractivity (Wildman–Crippen MR) is 113 cm³/mol. The van der Waals surface area contributed by atoms with Crippen LogP contribution in [0, 0.1) is 0 Å². The molecule has 2 aromatic rings. The third kappa shape index (κ3) is 4.41. The van der Waals surface area contributed by atoms with E-state index in [1.807, 2.05) is 19.1 Å². The fourth-order valence-corrected chi connectivity index (χ4v) is 3.76. The summed E-state index contributed by atoms with van der Waals surface area (Å²) >= 11 is 7.32. The highest BCUT2D eigenvalue weighted by atomic mass is 127. The number of aliphatic hydroxyl groups is 1. The van der Waals surface area contributed by atoms with Crippen molar-refractivity contribution in [3.63, 3.8) is 0 Å². The summed E-state index contributed by atoms with van der Waals surface area (Å²) < 4.78 is 0.684. The number of nitrogens with one attached hydrogen (secondary N) is 1. The molecule has 1 aliphatic rings. The summed E-state index contributed by atoms with van der Waals surface area (Å²) in [6, 6.07) is 12.0. The molecule has 0 amide bonds. The number of aliphatic imine (C=N–C) groups is 1. The molecular weight excluding hydrogens is 457 g/mol. The van der Waals surface area contributed by atoms with Gasteiger partial charge in [0.05, 0.1) is 10.9 Å². The highest BCUT2D eigenvalue weighted by Gasteiger charge is 2.22. The van der Waals surface area contributed by atoms with Crippen molar-refractivity contribution in [3.8, 4) is 0 Å². The molecule has 1 aliphatic heterocycles. The van der Waals surface area contributed by atoms with E-state index in [1.165, 1.54) is 22.6 Å². The van der Waals surface area contributed by atoms with Crippen molar-refractivity contribution in [1.82, 2.24) is 5.32 Å². The number of thiophene rings is 1. The Hall–Kier alpha value is -0.830. The summed E-state index contributed by atoms with van der Waals surface area (Å²) in [5.74, 6) is 0.819. The molecule has 0 aliphatic carbocycles. The fraction of sp³-hybridized carbons (Fsp3) is 0.353. The minimum absolute atomic E-state index is 0. The summed E-state index contributed by atoms with van der Waals surface area (Å²) in [5.41, 5.74) is 2.53. The van der Waals surface area contributed by atoms with Crippen molar-refractivity contribution in [3.05, 3.63) is 51.2 Å². The lowest BCUT2D eigenvalue weighted by molar-refractivity contribution is 0.191. The van der Waals surface area contributed by atoms with Crippen LogP contribution in [-0.4, -0.2) is 30.7 Å². The third-order valence-corrected chi connectivity index (χ3v) is 5.15. The lowest BCUT2D eigenvalue weighted by Gasteiger charge is -2.22. The van der Waals surface area contributed by atoms with Gasteiger partial charge in [-0.15, -0.1) is 35.3 Å². The Morgan fingerprint density at radius 1 is 1.38 bits per heavy atom. The smallest absolute Gasteiger partial charge is 0.198 e. The summed E-state index contributed by atoms with van der Waals surface area (Å²) in [4.78, 5) is 7.66. The molecule has 0 radical (unpaired) electrons. The Bertz CT molecular complexity index is 707. The molecular formula is C17H21ClIN3OS. The SMILES string of the molecule is CCNC(=NCC(O)c1ccc(Cl)s1)N1CCc2ccccc21.I. The molecule has 3 rings (SSSR count). The first-order valence-corrected chi connectivity index (χ1v) is 8.95. The van der Waals surface area contributed by atoms with E-state index in [0.717, 1.165) is 30.3 Å². The third-order valence-electron chi connectivity index (χ3n) is 3.81. The van der Waals surface area contributed by atoms with Crippen molar-refractivity contribution in [1.29, 1.82) is 0 Å². The first-order valence-electron chi connectivity index (χ1n) is 7.76. The molecule has 1 aromatic carbocycles. The summed E-state index contributed by atoms with van der Waals surface area (Å²) in [6.45, 7) is 4.06. The molecule has 2 N–H and O–H groups in total. The van der Waals surface area contributed by atoms with E-state index < -0.39 is 6.10 Å². The number of rotatable bonds is 4. The zero-order chi connectivity index (χ0) is 16.2. The number of hydrogen-bond acceptors (Lipinski definition) is 3. The van der Waals surface area contributed by atoms with E-state index >= 15 is 0 Å². The summed E-state index contributed by atoms with van der Waals surface area (Å²) in [6.07, 6.45) is 0.392. The average molecular weight is 478 g/mol. The second-order valence-electron chi connectivity index (χ2n) is 5.38. The van der Waals surface area contributed by atoms with Gasteiger partial charge in [0.25, 0.3) is 0 Å². The second-order valence-corrected chi connectivity index (χ2v) is 7.13. The van der Waals surface area contributed by atoms with Crippen molar-refractivity contribution in [2.75, 3.05) is 24.5 Å². The molecule has 2 heterocycles. The van der Waals surface area contributed by atoms with Gasteiger partial charge in [0.1, 0.15) is 6.10 Å². The number of hydrogen-bond donors (Lipinski definition) is 2. The molecule has 0 saturated heterocycles. The van der Waals surface area contributed by atoms with Crippen LogP contribution in [0.15, 0.2) is 41.4 Å². The average Bonchev–Trinajstić information content (AvgIpc) is 3.17. The van der Waals surface area contributed by atoms with Crippen LogP contribution in [0.2, 0.25) is 4.34 Å². The number of aliphatic hydroxyl groups excluding tert-OH is 1. The van der Waals surface area contributed by atoms with E-state index in [-0.39, 0.29) is 24.0 Å². The number of halogens is 2. The Morgan fingerprint density at radius 3 is 2.88 bits per heavy atom. The largest absolute Gasteiger partial charge is 0.386 e. The number of para-hydroxylation sites is 1. The van der Waals surface area contributed by atoms with E-state index in [4.69, 9.17) is 11.6 Å². The molecule has 0 saturated carbocycles. The number of guanidine groups is 1. The van der Waals surface area contributed by atoms with Crippen molar-refractivity contribution < 1.29 is 5.11 Å². The maximum absolute atomic E-state index is 10.3. The first kappa shape index (κ1) is 19.5. The molecule has 7 heteroatoms. The predicted octanol–water partition coefficient (Wildman–Crippen LogP) is 4.08. The minimum atomic E-state index is -0.626. The second kappa shape index (κ2) is 9.03. The normalized spacial score (nSPS) is 15.0. The van der Waals surface area contributed by atoms with E-state index in [1.54, 1.807) is 6.07 Å². The van der Waals surface area contributed by atoms with Crippen molar-refractivity contribution in [2.24, 2.45) is 4.99 Å². The topological polar surface area (TPSA) is 47.9 Å². The molecule has 0 fully saturated rings. The van der Waals surface area contributed by atoms with Gasteiger partial charge in [0.2, 0.25) is 0 Å². The van der Waals surface area contributed by atoms with Gasteiger partial charge in [0.15, 0.2) is 5.96 Å². The van der Waals surface area contributed by atoms with E-state index in [2.05, 4.69) is 33.4 Å². The Labute approximate surface area is 168 Å². The lowest BCUT2D eigenvalue weighted by Crippen LogP contribution is -2.40. The number of benzene rings is 1. The Balaban J connectivity index is 0.00000208. The van der Waals surface area contributed by atoms with Crippen LogP contribution in [-0.2, 0) is 6.42 Å². The molecule has 4 nitrogen and oxygen atoms in total. The summed E-state index contributed by atoms with van der Waals surface area (Å²) in [5, 5.41) is 13.6. The number of fused-ring (bicyclic) bond motifs is 1. The van der Waals surface area contributed by atoms with Gasteiger partial charge in [-0.3, -0.25) is 0 Å². The van der Waals surface area contributed by atoms with Crippen LogP contribution in [0.4, 0.5) is 5.69 Å². The van der Waals surface area contributed by atoms with Crippen LogP contribution in [0.3, 0.4) is 0 Å². The maximum atomic E-state index is 10.3. The monoisotopic (exact) mass is 477 g/mol. The Morgan fingerprint density at radius 2 is 2.17 bits per heavy atom.